The lowest BCUT2D eigenvalue weighted by molar-refractivity contribution is -0.136. The van der Waals surface area contributed by atoms with Crippen LogP contribution < -0.4 is 5.01 Å². The maximum atomic E-state index is 12.5. The first-order valence-corrected chi connectivity index (χ1v) is 6.68. The van der Waals surface area contributed by atoms with Crippen LogP contribution in [0.4, 0.5) is 5.69 Å². The molecule has 0 saturated carbocycles. The molecule has 1 aromatic carbocycles. The van der Waals surface area contributed by atoms with Gasteiger partial charge in [0, 0.05) is 14.1 Å². The molecule has 2 rings (SSSR count). The third kappa shape index (κ3) is 2.70. The normalized spacial score (nSPS) is 22.6. The van der Waals surface area contributed by atoms with Gasteiger partial charge < -0.3 is 0 Å². The Morgan fingerprint density at radius 1 is 1.30 bits per heavy atom. The second-order valence-corrected chi connectivity index (χ2v) is 5.67. The molecule has 0 N–H and O–H groups in total. The van der Waals surface area contributed by atoms with Gasteiger partial charge in [-0.2, -0.15) is 15.2 Å². The Bertz CT molecular complexity index is 542. The molecule has 1 amide bonds. The first kappa shape index (κ1) is 15.0. The molecule has 5 nitrogen and oxygen atoms in total. The molecule has 0 saturated heterocycles. The van der Waals surface area contributed by atoms with Crippen LogP contribution in [-0.2, 0) is 9.63 Å². The molecule has 108 valence electrons. The number of rotatable bonds is 4. The summed E-state index contributed by atoms with van der Waals surface area (Å²) in [6, 6.07) is 7.55. The van der Waals surface area contributed by atoms with Crippen molar-refractivity contribution in [3.63, 3.8) is 0 Å². The van der Waals surface area contributed by atoms with Gasteiger partial charge in [-0.25, -0.2) is 0 Å². The largest absolute Gasteiger partial charge is 0.297 e. The van der Waals surface area contributed by atoms with Crippen LogP contribution in [0.15, 0.2) is 29.4 Å². The van der Waals surface area contributed by atoms with Gasteiger partial charge in [0.15, 0.2) is 4.87 Å². The second kappa shape index (κ2) is 5.52. The molecule has 0 radical (unpaired) electrons. The zero-order valence-corrected chi connectivity index (χ0v) is 12.8. The summed E-state index contributed by atoms with van der Waals surface area (Å²) in [4.78, 5) is 16.6. The number of benzene rings is 1. The monoisotopic (exact) mass is 295 g/mol. The first-order chi connectivity index (χ1) is 9.34. The van der Waals surface area contributed by atoms with Gasteiger partial charge in [-0.1, -0.05) is 29.3 Å². The number of carbonyl (C=O) groups excluding carboxylic acids is 1. The number of hydrogen-bond acceptors (Lipinski definition) is 4. The highest BCUT2D eigenvalue weighted by molar-refractivity contribution is 6.50. The van der Waals surface area contributed by atoms with E-state index >= 15 is 0 Å². The molecule has 1 aliphatic heterocycles. The van der Waals surface area contributed by atoms with Crippen LogP contribution in [0.3, 0.4) is 0 Å². The quantitative estimate of drug-likeness (QED) is 0.632. The topological polar surface area (TPSA) is 45.1 Å². The number of nitrogens with zero attached hydrogens (tertiary/aromatic N) is 3. The van der Waals surface area contributed by atoms with Crippen molar-refractivity contribution in [1.82, 2.24) is 5.06 Å². The molecule has 20 heavy (non-hydrogen) atoms. The summed E-state index contributed by atoms with van der Waals surface area (Å²) in [5, 5.41) is 7.12. The predicted octanol–water partition coefficient (Wildman–Crippen LogP) is 2.19. The van der Waals surface area contributed by atoms with Crippen LogP contribution in [-0.4, -0.2) is 42.3 Å². The van der Waals surface area contributed by atoms with Crippen LogP contribution in [0.1, 0.15) is 12.5 Å². The fraction of sp³-hybridized carbons (Fsp3) is 0.429. The summed E-state index contributed by atoms with van der Waals surface area (Å²) in [7, 11) is 3.48. The lowest BCUT2D eigenvalue weighted by Crippen LogP contribution is -2.45. The molecule has 1 aromatic rings. The number of aryl methyl sites for hydroxylation is 1. The first-order valence-electron chi connectivity index (χ1n) is 6.30. The van der Waals surface area contributed by atoms with Gasteiger partial charge in [0.2, 0.25) is 0 Å². The minimum atomic E-state index is -1.24. The summed E-state index contributed by atoms with van der Waals surface area (Å²) in [5.41, 5.74) is 2.35. The van der Waals surface area contributed by atoms with E-state index in [1.54, 1.807) is 21.0 Å². The maximum absolute atomic E-state index is 12.5. The van der Waals surface area contributed by atoms with Gasteiger partial charge in [0.05, 0.1) is 11.4 Å². The summed E-state index contributed by atoms with van der Waals surface area (Å²) in [6.07, 6.45) is 0. The Morgan fingerprint density at radius 3 is 2.45 bits per heavy atom. The smallest absolute Gasteiger partial charge is 0.276 e. The molecular formula is C14H18ClN3O2. The zero-order chi connectivity index (χ0) is 14.9. The summed E-state index contributed by atoms with van der Waals surface area (Å²) < 4.78 is 0. The highest BCUT2D eigenvalue weighted by Gasteiger charge is 2.49. The molecule has 1 aliphatic rings. The van der Waals surface area contributed by atoms with E-state index in [1.807, 2.05) is 31.2 Å². The van der Waals surface area contributed by atoms with Gasteiger partial charge in [0.1, 0.15) is 6.61 Å². The third-order valence-electron chi connectivity index (χ3n) is 3.16. The molecule has 6 heteroatoms. The standard InChI is InChI=1S/C14H18ClN3O2/c1-10-5-7-12(8-6-10)18-13(19)14(15,11(2)16-18)9-20-17(3)4/h5-8H,9H2,1-4H3. The van der Waals surface area contributed by atoms with Crippen molar-refractivity contribution in [3.8, 4) is 0 Å². The van der Waals surface area contributed by atoms with E-state index in [0.29, 0.717) is 11.4 Å². The van der Waals surface area contributed by atoms with Gasteiger partial charge >= 0.3 is 0 Å². The van der Waals surface area contributed by atoms with Gasteiger partial charge in [-0.05, 0) is 26.0 Å². The molecule has 0 aliphatic carbocycles. The van der Waals surface area contributed by atoms with E-state index in [2.05, 4.69) is 5.10 Å². The molecule has 0 fully saturated rings. The van der Waals surface area contributed by atoms with Crippen molar-refractivity contribution >= 4 is 28.9 Å². The molecular weight excluding hydrogens is 278 g/mol. The minimum Gasteiger partial charge on any atom is -0.297 e. The van der Waals surface area contributed by atoms with Crippen molar-refractivity contribution in [2.75, 3.05) is 25.7 Å². The van der Waals surface area contributed by atoms with E-state index in [4.69, 9.17) is 16.4 Å². The Morgan fingerprint density at radius 2 is 1.90 bits per heavy atom. The van der Waals surface area contributed by atoms with Crippen LogP contribution in [0.25, 0.3) is 0 Å². The molecule has 1 atom stereocenters. The predicted molar refractivity (Wildman–Crippen MR) is 80.0 cm³/mol. The van der Waals surface area contributed by atoms with Gasteiger partial charge in [0.25, 0.3) is 5.91 Å². The highest BCUT2D eigenvalue weighted by atomic mass is 35.5. The lowest BCUT2D eigenvalue weighted by Gasteiger charge is -2.22. The number of halogens is 1. The highest BCUT2D eigenvalue weighted by Crippen LogP contribution is 2.31. The van der Waals surface area contributed by atoms with E-state index in [9.17, 15) is 4.79 Å². The minimum absolute atomic E-state index is 0.0537. The van der Waals surface area contributed by atoms with Crippen LogP contribution in [0, 0.1) is 6.92 Å². The van der Waals surface area contributed by atoms with Crippen molar-refractivity contribution < 1.29 is 9.63 Å². The van der Waals surface area contributed by atoms with E-state index in [0.717, 1.165) is 5.56 Å². The number of carbonyl (C=O) groups is 1. The Kier molecular flexibility index (Phi) is 4.13. The average Bonchev–Trinajstić information content (AvgIpc) is 2.63. The third-order valence-corrected chi connectivity index (χ3v) is 3.70. The molecule has 1 unspecified atom stereocenters. The molecule has 0 spiro atoms. The van der Waals surface area contributed by atoms with Crippen molar-refractivity contribution in [1.29, 1.82) is 0 Å². The molecule has 0 bridgehead atoms. The number of hydroxylamine groups is 2. The van der Waals surface area contributed by atoms with Crippen molar-refractivity contribution in [2.45, 2.75) is 18.7 Å². The van der Waals surface area contributed by atoms with Gasteiger partial charge in [-0.15, -0.1) is 0 Å². The van der Waals surface area contributed by atoms with Crippen molar-refractivity contribution in [2.24, 2.45) is 5.10 Å². The lowest BCUT2D eigenvalue weighted by atomic mass is 10.1. The second-order valence-electron chi connectivity index (χ2n) is 5.02. The zero-order valence-electron chi connectivity index (χ0n) is 12.1. The van der Waals surface area contributed by atoms with Crippen LogP contribution in [0.5, 0.6) is 0 Å². The van der Waals surface area contributed by atoms with Crippen LogP contribution >= 0.6 is 11.6 Å². The number of alkyl halides is 1. The fourth-order valence-electron chi connectivity index (χ4n) is 1.84. The van der Waals surface area contributed by atoms with E-state index in [-0.39, 0.29) is 12.5 Å². The van der Waals surface area contributed by atoms with Crippen molar-refractivity contribution in [3.05, 3.63) is 29.8 Å². The molecule has 1 heterocycles. The van der Waals surface area contributed by atoms with E-state index in [1.165, 1.54) is 10.1 Å². The summed E-state index contributed by atoms with van der Waals surface area (Å²) in [6.45, 7) is 3.77. The summed E-state index contributed by atoms with van der Waals surface area (Å²) >= 11 is 6.42. The Balaban J connectivity index is 2.24. The Hall–Kier alpha value is -1.43. The van der Waals surface area contributed by atoms with Crippen LogP contribution in [0.2, 0.25) is 0 Å². The maximum Gasteiger partial charge on any atom is 0.276 e. The number of hydrogen-bond donors (Lipinski definition) is 0. The summed E-state index contributed by atoms with van der Waals surface area (Å²) in [5.74, 6) is -0.289. The van der Waals surface area contributed by atoms with E-state index < -0.39 is 4.87 Å². The fourth-order valence-corrected chi connectivity index (χ4v) is 2.01. The van der Waals surface area contributed by atoms with Gasteiger partial charge in [-0.3, -0.25) is 9.63 Å². The number of amides is 1. The Labute approximate surface area is 123 Å². The number of anilines is 1. The SMILES string of the molecule is CC1=NN(c2ccc(C)cc2)C(=O)C1(Cl)CON(C)C. The molecule has 0 aromatic heterocycles. The number of hydrazone groups is 1. The average molecular weight is 296 g/mol.